The summed E-state index contributed by atoms with van der Waals surface area (Å²) in [5, 5.41) is 0. The molecular formula is C25H25F2N5O3S. The molecule has 36 heavy (non-hydrogen) atoms. The fraction of sp³-hybridized carbons (Fsp3) is 0.280. The van der Waals surface area contributed by atoms with E-state index in [0.29, 0.717) is 0 Å². The average Bonchev–Trinajstić information content (AvgIpc) is 2.83. The minimum Gasteiger partial charge on any atom is -0.472 e. The molecule has 188 valence electrons. The van der Waals surface area contributed by atoms with Crippen molar-refractivity contribution in [2.45, 2.75) is 37.7 Å². The van der Waals surface area contributed by atoms with Crippen LogP contribution in [0.1, 0.15) is 43.2 Å². The van der Waals surface area contributed by atoms with Crippen LogP contribution in [0.2, 0.25) is 0 Å². The van der Waals surface area contributed by atoms with Gasteiger partial charge in [-0.3, -0.25) is 4.99 Å². The largest absolute Gasteiger partial charge is 0.472 e. The second kappa shape index (κ2) is 9.38. The lowest BCUT2D eigenvalue weighted by molar-refractivity contribution is 0.292. The van der Waals surface area contributed by atoms with Crippen molar-refractivity contribution in [3.63, 3.8) is 0 Å². The number of hydrogen-bond donors (Lipinski definition) is 1. The molecule has 0 amide bonds. The van der Waals surface area contributed by atoms with Gasteiger partial charge >= 0.3 is 0 Å². The number of amidine groups is 1. The highest BCUT2D eigenvalue weighted by Gasteiger charge is 2.49. The van der Waals surface area contributed by atoms with Crippen LogP contribution in [-0.2, 0) is 22.0 Å². The number of halogens is 2. The molecule has 0 saturated carbocycles. The van der Waals surface area contributed by atoms with Crippen LogP contribution in [-0.4, -0.2) is 39.7 Å². The Balaban J connectivity index is 1.57. The zero-order valence-corrected chi connectivity index (χ0v) is 20.8. The zero-order valence-electron chi connectivity index (χ0n) is 19.9. The second-order valence-corrected chi connectivity index (χ2v) is 11.7. The molecule has 2 N–H and O–H groups in total. The number of rotatable bonds is 6. The molecule has 11 heteroatoms. The van der Waals surface area contributed by atoms with Gasteiger partial charge in [0.25, 0.3) is 0 Å². The molecule has 1 aliphatic rings. The third-order valence-electron chi connectivity index (χ3n) is 6.07. The van der Waals surface area contributed by atoms with Crippen molar-refractivity contribution in [3.05, 3.63) is 83.3 Å². The van der Waals surface area contributed by atoms with Gasteiger partial charge in [0.2, 0.25) is 11.8 Å². The summed E-state index contributed by atoms with van der Waals surface area (Å²) in [4.78, 5) is 16.1. The number of aliphatic imine (C=N–C) groups is 1. The van der Waals surface area contributed by atoms with Crippen molar-refractivity contribution in [2.75, 3.05) is 5.75 Å². The van der Waals surface area contributed by atoms with E-state index in [0.717, 1.165) is 17.8 Å². The number of nitrogens with zero attached hydrogens (tertiary/aromatic N) is 4. The van der Waals surface area contributed by atoms with Crippen LogP contribution in [0.5, 0.6) is 5.88 Å². The van der Waals surface area contributed by atoms with Crippen LogP contribution in [0.25, 0.3) is 11.9 Å². The summed E-state index contributed by atoms with van der Waals surface area (Å²) in [6.45, 7) is 4.64. The van der Waals surface area contributed by atoms with Gasteiger partial charge in [0.05, 0.1) is 18.1 Å². The number of benzene rings is 1. The predicted molar refractivity (Wildman–Crippen MR) is 133 cm³/mol. The van der Waals surface area contributed by atoms with Crippen LogP contribution in [0.15, 0.2) is 60.0 Å². The molecule has 0 radical (unpaired) electrons. The smallest absolute Gasteiger partial charge is 0.232 e. The first-order valence-electron chi connectivity index (χ1n) is 11.0. The van der Waals surface area contributed by atoms with E-state index in [1.54, 1.807) is 0 Å². The molecule has 4 rings (SSSR count). The summed E-state index contributed by atoms with van der Waals surface area (Å²) >= 11 is 0. The number of nitrogens with two attached hydrogens (primary N) is 1. The van der Waals surface area contributed by atoms with Gasteiger partial charge in [0.15, 0.2) is 15.7 Å². The minimum absolute atomic E-state index is 0.0663. The molecule has 0 bridgehead atoms. The monoisotopic (exact) mass is 513 g/mol. The summed E-state index contributed by atoms with van der Waals surface area (Å²) in [5.41, 5.74) is 5.38. The summed E-state index contributed by atoms with van der Waals surface area (Å²) in [6.07, 6.45) is 4.74. The third kappa shape index (κ3) is 4.97. The van der Waals surface area contributed by atoms with E-state index >= 15 is 0 Å². The standard InChI is InChI=1S/C25H25F2N5O3S/c1-24(2)23(28)32-25(3,15-36(24,33)34)18-9-17(11-31-22(18)27)10-19(26)20-12-30-21(13-29-20)35-14-16-7-5-4-6-8-16/h4-13H,14-15H2,1-3H3,(H2,28,32). The van der Waals surface area contributed by atoms with Gasteiger partial charge in [-0.1, -0.05) is 30.3 Å². The topological polar surface area (TPSA) is 120 Å². The summed E-state index contributed by atoms with van der Waals surface area (Å²) in [7, 11) is -3.76. The summed E-state index contributed by atoms with van der Waals surface area (Å²) < 4.78 is 59.4. The predicted octanol–water partition coefficient (Wildman–Crippen LogP) is 3.84. The molecule has 1 aromatic carbocycles. The van der Waals surface area contributed by atoms with Gasteiger partial charge in [-0.2, -0.15) is 4.39 Å². The summed E-state index contributed by atoms with van der Waals surface area (Å²) in [6, 6.07) is 10.8. The second-order valence-electron chi connectivity index (χ2n) is 9.15. The maximum absolute atomic E-state index is 14.9. The molecule has 0 fully saturated rings. The van der Waals surface area contributed by atoms with E-state index in [1.165, 1.54) is 39.2 Å². The number of aromatic nitrogens is 3. The van der Waals surface area contributed by atoms with E-state index in [1.807, 2.05) is 30.3 Å². The Kier molecular flexibility index (Phi) is 6.61. The van der Waals surface area contributed by atoms with Crippen LogP contribution in [0.4, 0.5) is 8.78 Å². The third-order valence-corrected chi connectivity index (χ3v) is 8.78. The molecule has 8 nitrogen and oxygen atoms in total. The molecule has 3 heterocycles. The van der Waals surface area contributed by atoms with Gasteiger partial charge in [-0.25, -0.2) is 27.8 Å². The summed E-state index contributed by atoms with van der Waals surface area (Å²) in [5.74, 6) is -2.04. The van der Waals surface area contributed by atoms with E-state index in [9.17, 15) is 17.2 Å². The quantitative estimate of drug-likeness (QED) is 0.497. The highest BCUT2D eigenvalue weighted by molar-refractivity contribution is 7.93. The van der Waals surface area contributed by atoms with Crippen molar-refractivity contribution in [1.82, 2.24) is 15.0 Å². The van der Waals surface area contributed by atoms with Crippen molar-refractivity contribution in [1.29, 1.82) is 0 Å². The fourth-order valence-corrected chi connectivity index (χ4v) is 5.35. The van der Waals surface area contributed by atoms with E-state index in [-0.39, 0.29) is 35.1 Å². The molecule has 1 atom stereocenters. The highest BCUT2D eigenvalue weighted by Crippen LogP contribution is 2.38. The molecule has 0 aliphatic carbocycles. The van der Waals surface area contributed by atoms with Crippen LogP contribution in [0.3, 0.4) is 0 Å². The number of sulfone groups is 1. The lowest BCUT2D eigenvalue weighted by Crippen LogP contribution is -2.55. The number of ether oxygens (including phenoxy) is 1. The van der Waals surface area contributed by atoms with Crippen LogP contribution < -0.4 is 10.5 Å². The van der Waals surface area contributed by atoms with Gasteiger partial charge < -0.3 is 10.5 Å². The van der Waals surface area contributed by atoms with Gasteiger partial charge in [-0.05, 0) is 44.0 Å². The molecule has 3 aromatic rings. The molecule has 0 saturated heterocycles. The Morgan fingerprint density at radius 1 is 1.11 bits per heavy atom. The van der Waals surface area contributed by atoms with Gasteiger partial charge in [0.1, 0.15) is 28.4 Å². The van der Waals surface area contributed by atoms with Gasteiger partial charge in [0, 0.05) is 11.8 Å². The Morgan fingerprint density at radius 2 is 1.83 bits per heavy atom. The lowest BCUT2D eigenvalue weighted by atomic mass is 9.93. The highest BCUT2D eigenvalue weighted by atomic mass is 32.2. The minimum atomic E-state index is -3.76. The molecular weight excluding hydrogens is 488 g/mol. The van der Waals surface area contributed by atoms with Gasteiger partial charge in [-0.15, -0.1) is 0 Å². The van der Waals surface area contributed by atoms with Crippen molar-refractivity contribution in [3.8, 4) is 5.88 Å². The van der Waals surface area contributed by atoms with E-state index < -0.39 is 37.7 Å². The Morgan fingerprint density at radius 3 is 2.47 bits per heavy atom. The zero-order chi connectivity index (χ0) is 26.1. The van der Waals surface area contributed by atoms with Crippen molar-refractivity contribution >= 4 is 27.6 Å². The number of hydrogen-bond acceptors (Lipinski definition) is 8. The first-order valence-corrected chi connectivity index (χ1v) is 12.7. The van der Waals surface area contributed by atoms with E-state index in [2.05, 4.69) is 19.9 Å². The molecule has 2 aromatic heterocycles. The average molecular weight is 514 g/mol. The van der Waals surface area contributed by atoms with Crippen molar-refractivity contribution in [2.24, 2.45) is 10.7 Å². The SMILES string of the molecule is CC1(c2cc(C=C(F)c3cnc(OCc4ccccc4)cn3)cnc2F)CS(=O)(=O)C(C)(C)C(N)=N1. The maximum Gasteiger partial charge on any atom is 0.232 e. The van der Waals surface area contributed by atoms with Crippen LogP contribution >= 0.6 is 0 Å². The first kappa shape index (κ1) is 25.4. The lowest BCUT2D eigenvalue weighted by Gasteiger charge is -2.37. The Labute approximate surface area is 207 Å². The normalized spacial score (nSPS) is 21.0. The Hall–Kier alpha value is -3.73. The van der Waals surface area contributed by atoms with Crippen molar-refractivity contribution < 1.29 is 21.9 Å². The molecule has 1 aliphatic heterocycles. The first-order chi connectivity index (χ1) is 16.9. The van der Waals surface area contributed by atoms with E-state index in [4.69, 9.17) is 10.5 Å². The Bertz CT molecular complexity index is 1440. The van der Waals surface area contributed by atoms with Crippen LogP contribution in [0, 0.1) is 5.95 Å². The number of pyridine rings is 1. The fourth-order valence-electron chi connectivity index (χ4n) is 3.67. The maximum atomic E-state index is 14.9. The molecule has 1 unspecified atom stereocenters. The molecule has 0 spiro atoms.